The van der Waals surface area contributed by atoms with Gasteiger partial charge in [-0.3, -0.25) is 0 Å². The summed E-state index contributed by atoms with van der Waals surface area (Å²) in [7, 11) is 0. The van der Waals surface area contributed by atoms with Crippen molar-refractivity contribution in [2.75, 3.05) is 0 Å². The van der Waals surface area contributed by atoms with E-state index in [9.17, 15) is 0 Å². The Hall–Kier alpha value is -5.90. The van der Waals surface area contributed by atoms with Crippen LogP contribution in [-0.2, 0) is 0 Å². The Bertz CT molecular complexity index is 2850. The molecule has 10 aromatic rings. The Morgan fingerprint density at radius 1 is 0.340 bits per heavy atom. The van der Waals surface area contributed by atoms with Crippen LogP contribution in [0.2, 0.25) is 0 Å². The molecule has 2 nitrogen and oxygen atoms in total. The zero-order valence-corrected chi connectivity index (χ0v) is 26.1. The van der Waals surface area contributed by atoms with Gasteiger partial charge >= 0.3 is 0 Å². The molecule has 0 aliphatic rings. The molecule has 0 radical (unpaired) electrons. The highest BCUT2D eigenvalue weighted by Gasteiger charge is 2.13. The minimum absolute atomic E-state index is 0.922. The minimum atomic E-state index is 0.922. The SMILES string of the molecule is c1ccc2c(c1)cc(-c1ccc3ccc4ccc(-c5ccc(-c6ccc7sc8ccccc8c7c6)cc5)nc4c3n1)c1ccccc12. The van der Waals surface area contributed by atoms with Gasteiger partial charge in [0.05, 0.1) is 22.4 Å². The predicted octanol–water partition coefficient (Wildman–Crippen LogP) is 12.5. The van der Waals surface area contributed by atoms with Crippen LogP contribution in [0.15, 0.2) is 158 Å². The van der Waals surface area contributed by atoms with Crippen molar-refractivity contribution in [3.63, 3.8) is 0 Å². The molecule has 3 heteroatoms. The van der Waals surface area contributed by atoms with Gasteiger partial charge in [-0.1, -0.05) is 121 Å². The molecule has 0 fully saturated rings. The third-order valence-corrected chi connectivity index (χ3v) is 10.6. The van der Waals surface area contributed by atoms with Gasteiger partial charge in [0.25, 0.3) is 0 Å². The second-order valence-corrected chi connectivity index (χ2v) is 13.3. The lowest BCUT2D eigenvalue weighted by Crippen LogP contribution is -1.92. The number of nitrogens with zero attached hydrogens (tertiary/aromatic N) is 2. The Labute approximate surface area is 275 Å². The number of thiophene rings is 1. The number of pyridine rings is 2. The topological polar surface area (TPSA) is 25.8 Å². The van der Waals surface area contributed by atoms with E-state index in [-0.39, 0.29) is 0 Å². The van der Waals surface area contributed by atoms with E-state index < -0.39 is 0 Å². The fourth-order valence-corrected chi connectivity index (χ4v) is 8.17. The van der Waals surface area contributed by atoms with Crippen molar-refractivity contribution in [2.24, 2.45) is 0 Å². The van der Waals surface area contributed by atoms with E-state index in [1.807, 2.05) is 11.3 Å². The lowest BCUT2D eigenvalue weighted by molar-refractivity contribution is 1.37. The molecule has 3 heterocycles. The van der Waals surface area contributed by atoms with Crippen molar-refractivity contribution in [3.05, 3.63) is 158 Å². The summed E-state index contributed by atoms with van der Waals surface area (Å²) in [5, 5.41) is 9.74. The monoisotopic (exact) mass is 614 g/mol. The van der Waals surface area contributed by atoms with Crippen LogP contribution in [-0.4, -0.2) is 9.97 Å². The maximum Gasteiger partial charge on any atom is 0.0972 e. The summed E-state index contributed by atoms with van der Waals surface area (Å²) < 4.78 is 2.65. The Kier molecular flexibility index (Phi) is 5.78. The second-order valence-electron chi connectivity index (χ2n) is 12.2. The van der Waals surface area contributed by atoms with Gasteiger partial charge in [0.1, 0.15) is 0 Å². The molecule has 0 N–H and O–H groups in total. The fraction of sp³-hybridized carbons (Fsp3) is 0. The first-order valence-corrected chi connectivity index (χ1v) is 16.7. The molecule has 0 aliphatic heterocycles. The molecule has 3 aromatic heterocycles. The minimum Gasteiger partial charge on any atom is -0.245 e. The van der Waals surface area contributed by atoms with Crippen LogP contribution in [0.1, 0.15) is 0 Å². The Balaban J connectivity index is 1.07. The first-order chi connectivity index (χ1) is 23.3. The summed E-state index contributed by atoms with van der Waals surface area (Å²) in [4.78, 5) is 10.5. The predicted molar refractivity (Wildman–Crippen MR) is 201 cm³/mol. The van der Waals surface area contributed by atoms with E-state index in [1.54, 1.807) is 0 Å². The van der Waals surface area contributed by atoms with Crippen molar-refractivity contribution in [3.8, 4) is 33.6 Å². The zero-order chi connectivity index (χ0) is 30.9. The fourth-order valence-electron chi connectivity index (χ4n) is 7.08. The Morgan fingerprint density at radius 3 is 1.72 bits per heavy atom. The molecule has 0 bridgehead atoms. The van der Waals surface area contributed by atoms with Gasteiger partial charge < -0.3 is 0 Å². The molecule has 0 atom stereocenters. The van der Waals surface area contributed by atoms with E-state index in [4.69, 9.17) is 9.97 Å². The maximum atomic E-state index is 5.30. The summed E-state index contributed by atoms with van der Waals surface area (Å²) in [6, 6.07) is 56.7. The second kappa shape index (κ2) is 10.3. The van der Waals surface area contributed by atoms with Gasteiger partial charge in [-0.05, 0) is 69.1 Å². The van der Waals surface area contributed by atoms with Crippen LogP contribution in [0, 0.1) is 0 Å². The van der Waals surface area contributed by atoms with Crippen LogP contribution >= 0.6 is 11.3 Å². The molecular weight excluding hydrogens is 589 g/mol. The molecule has 10 rings (SSSR count). The number of aromatic nitrogens is 2. The number of rotatable bonds is 3. The first-order valence-electron chi connectivity index (χ1n) is 15.9. The Morgan fingerprint density at radius 2 is 0.915 bits per heavy atom. The summed E-state index contributed by atoms with van der Waals surface area (Å²) >= 11 is 1.85. The molecule has 0 aliphatic carbocycles. The molecule has 0 amide bonds. The molecular formula is C44H26N2S. The molecule has 47 heavy (non-hydrogen) atoms. The van der Waals surface area contributed by atoms with Crippen molar-refractivity contribution in [1.82, 2.24) is 9.97 Å². The van der Waals surface area contributed by atoms with Crippen LogP contribution in [0.25, 0.3) is 97.2 Å². The van der Waals surface area contributed by atoms with Crippen molar-refractivity contribution in [1.29, 1.82) is 0 Å². The molecule has 0 spiro atoms. The van der Waals surface area contributed by atoms with E-state index in [1.165, 1.54) is 52.8 Å². The van der Waals surface area contributed by atoms with E-state index in [2.05, 4.69) is 158 Å². The van der Waals surface area contributed by atoms with Crippen LogP contribution < -0.4 is 0 Å². The normalized spacial score (nSPS) is 11.8. The highest BCUT2D eigenvalue weighted by atomic mass is 32.1. The largest absolute Gasteiger partial charge is 0.245 e. The van der Waals surface area contributed by atoms with Gasteiger partial charge in [-0.2, -0.15) is 0 Å². The summed E-state index contributed by atoms with van der Waals surface area (Å²) in [5.41, 5.74) is 8.40. The van der Waals surface area contributed by atoms with Crippen LogP contribution in [0.3, 0.4) is 0 Å². The van der Waals surface area contributed by atoms with Gasteiger partial charge in [-0.15, -0.1) is 11.3 Å². The lowest BCUT2D eigenvalue weighted by Gasteiger charge is -2.12. The summed E-state index contributed by atoms with van der Waals surface area (Å²) in [6.45, 7) is 0. The third-order valence-electron chi connectivity index (χ3n) is 9.45. The average molecular weight is 615 g/mol. The lowest BCUT2D eigenvalue weighted by atomic mass is 9.95. The number of benzene rings is 7. The summed E-state index contributed by atoms with van der Waals surface area (Å²) in [5.74, 6) is 0. The van der Waals surface area contributed by atoms with Gasteiger partial charge in [-0.25, -0.2) is 9.97 Å². The van der Waals surface area contributed by atoms with Crippen LogP contribution in [0.5, 0.6) is 0 Å². The van der Waals surface area contributed by atoms with E-state index in [0.29, 0.717) is 0 Å². The smallest absolute Gasteiger partial charge is 0.0972 e. The number of fused-ring (bicyclic) bond motifs is 9. The molecule has 0 unspecified atom stereocenters. The number of hydrogen-bond donors (Lipinski definition) is 0. The molecule has 0 saturated heterocycles. The molecule has 218 valence electrons. The quantitative estimate of drug-likeness (QED) is 0.185. The van der Waals surface area contributed by atoms with Gasteiger partial charge in [0, 0.05) is 42.1 Å². The number of hydrogen-bond acceptors (Lipinski definition) is 3. The van der Waals surface area contributed by atoms with Crippen molar-refractivity contribution >= 4 is 74.9 Å². The standard InChI is InChI=1S/C44H26N2S/c1-2-8-33-32(7-1)26-37(35-10-4-3-9-34(33)35)40-23-20-30-18-17-29-19-22-39(45-43(29)44(30)46-40)28-15-13-27(14-16-28)31-21-24-42-38(25-31)36-11-5-6-12-41(36)47-42/h1-26H. The summed E-state index contributed by atoms with van der Waals surface area (Å²) in [6.07, 6.45) is 0. The third kappa shape index (κ3) is 4.25. The van der Waals surface area contributed by atoms with Crippen LogP contribution in [0.4, 0.5) is 0 Å². The van der Waals surface area contributed by atoms with Crippen molar-refractivity contribution in [2.45, 2.75) is 0 Å². The first kappa shape index (κ1) is 26.3. The van der Waals surface area contributed by atoms with E-state index in [0.717, 1.165) is 44.3 Å². The average Bonchev–Trinajstić information content (AvgIpc) is 3.52. The molecule has 7 aromatic carbocycles. The van der Waals surface area contributed by atoms with Gasteiger partial charge in [0.15, 0.2) is 0 Å². The highest BCUT2D eigenvalue weighted by Crippen LogP contribution is 2.38. The zero-order valence-electron chi connectivity index (χ0n) is 25.3. The highest BCUT2D eigenvalue weighted by molar-refractivity contribution is 7.25. The van der Waals surface area contributed by atoms with E-state index >= 15 is 0 Å². The molecule has 0 saturated carbocycles. The van der Waals surface area contributed by atoms with Crippen molar-refractivity contribution < 1.29 is 0 Å². The maximum absolute atomic E-state index is 5.30. The van der Waals surface area contributed by atoms with Gasteiger partial charge in [0.2, 0.25) is 0 Å².